The summed E-state index contributed by atoms with van der Waals surface area (Å²) in [6.45, 7) is 1.54. The molecule has 0 fully saturated rings. The van der Waals surface area contributed by atoms with Crippen molar-refractivity contribution in [1.82, 2.24) is 5.32 Å². The van der Waals surface area contributed by atoms with E-state index in [1.54, 1.807) is 18.4 Å². The van der Waals surface area contributed by atoms with Crippen LogP contribution < -0.4 is 5.32 Å². The van der Waals surface area contributed by atoms with Crippen LogP contribution in [0.25, 0.3) is 0 Å². The fourth-order valence-electron chi connectivity index (χ4n) is 2.42. The van der Waals surface area contributed by atoms with Crippen molar-refractivity contribution in [3.63, 3.8) is 0 Å². The van der Waals surface area contributed by atoms with Crippen LogP contribution in [0.1, 0.15) is 30.7 Å². The zero-order valence-electron chi connectivity index (χ0n) is 13.9. The molecule has 1 aliphatic heterocycles. The Hall–Kier alpha value is -1.41. The van der Waals surface area contributed by atoms with Gasteiger partial charge in [-0.2, -0.15) is 11.3 Å². The first kappa shape index (κ1) is 18.9. The van der Waals surface area contributed by atoms with E-state index in [4.69, 9.17) is 19.3 Å². The van der Waals surface area contributed by atoms with Gasteiger partial charge in [0.25, 0.3) is 5.91 Å². The van der Waals surface area contributed by atoms with Gasteiger partial charge in [0, 0.05) is 32.6 Å². The molecule has 134 valence electrons. The van der Waals surface area contributed by atoms with Gasteiger partial charge in [0.05, 0.1) is 13.2 Å². The lowest BCUT2D eigenvalue weighted by molar-refractivity contribution is -0.146. The summed E-state index contributed by atoms with van der Waals surface area (Å²) in [5.41, 5.74) is 1.16. The van der Waals surface area contributed by atoms with Gasteiger partial charge < -0.3 is 24.6 Å². The number of aliphatic hydroxyl groups is 1. The summed E-state index contributed by atoms with van der Waals surface area (Å²) in [6.07, 6.45) is 3.53. The summed E-state index contributed by atoms with van der Waals surface area (Å²) in [4.78, 5) is 12.3. The normalized spacial score (nSPS) is 20.3. The monoisotopic (exact) mass is 355 g/mol. The number of ether oxygens (including phenoxy) is 3. The number of allylic oxidation sites excluding steroid dienone is 1. The predicted molar refractivity (Wildman–Crippen MR) is 91.8 cm³/mol. The van der Waals surface area contributed by atoms with Crippen LogP contribution in [0.2, 0.25) is 0 Å². The Balaban J connectivity index is 1.98. The maximum absolute atomic E-state index is 12.3. The van der Waals surface area contributed by atoms with Crippen LogP contribution in [0.15, 0.2) is 28.7 Å². The Morgan fingerprint density at radius 1 is 1.46 bits per heavy atom. The van der Waals surface area contributed by atoms with E-state index in [0.717, 1.165) is 12.0 Å². The van der Waals surface area contributed by atoms with E-state index in [2.05, 4.69) is 16.8 Å². The molecule has 2 rings (SSSR count). The van der Waals surface area contributed by atoms with Gasteiger partial charge in [-0.05, 0) is 41.3 Å². The maximum Gasteiger partial charge on any atom is 0.286 e. The third-order valence-corrected chi connectivity index (χ3v) is 4.40. The molecule has 0 radical (unpaired) electrons. The number of hydrogen-bond acceptors (Lipinski definition) is 6. The first-order valence-electron chi connectivity index (χ1n) is 8.14. The van der Waals surface area contributed by atoms with Crippen molar-refractivity contribution in [1.29, 1.82) is 0 Å². The van der Waals surface area contributed by atoms with Crippen molar-refractivity contribution >= 4 is 17.2 Å². The third-order valence-electron chi connectivity index (χ3n) is 3.70. The van der Waals surface area contributed by atoms with Crippen molar-refractivity contribution in [3.05, 3.63) is 34.2 Å². The minimum Gasteiger partial charge on any atom is -0.459 e. The van der Waals surface area contributed by atoms with Crippen LogP contribution in [-0.2, 0) is 19.0 Å². The summed E-state index contributed by atoms with van der Waals surface area (Å²) in [7, 11) is 1.59. The topological polar surface area (TPSA) is 77.0 Å². The molecule has 0 spiro atoms. The fourth-order valence-corrected chi connectivity index (χ4v) is 3.14. The third kappa shape index (κ3) is 5.90. The molecule has 0 aliphatic carbocycles. The molecule has 1 amide bonds. The zero-order valence-corrected chi connectivity index (χ0v) is 14.7. The Bertz CT molecular complexity index is 517. The molecule has 2 atom stereocenters. The molecule has 0 saturated carbocycles. The largest absolute Gasteiger partial charge is 0.459 e. The standard InChI is InChI=1S/C17H25NO5S/c1-21-8-5-18-17(20)15-10-14(13-4-9-24-12-13)11-16(23-15)22-7-3-2-6-19/h4,9-10,12,14,16,19H,2-3,5-8,11H2,1H3,(H,18,20). The molecule has 0 saturated heterocycles. The van der Waals surface area contributed by atoms with Gasteiger partial charge in [0.1, 0.15) is 0 Å². The Kier molecular flexibility index (Phi) is 8.24. The highest BCUT2D eigenvalue weighted by molar-refractivity contribution is 7.08. The molecule has 1 aromatic heterocycles. The zero-order chi connectivity index (χ0) is 17.2. The average molecular weight is 355 g/mol. The molecule has 2 unspecified atom stereocenters. The van der Waals surface area contributed by atoms with Crippen molar-refractivity contribution in [2.75, 3.05) is 33.5 Å². The van der Waals surface area contributed by atoms with E-state index in [0.29, 0.717) is 38.4 Å². The number of methoxy groups -OCH3 is 1. The lowest BCUT2D eigenvalue weighted by atomic mass is 9.95. The lowest BCUT2D eigenvalue weighted by Crippen LogP contribution is -2.34. The van der Waals surface area contributed by atoms with Gasteiger partial charge in [0.15, 0.2) is 5.76 Å². The number of carbonyl (C=O) groups excluding carboxylic acids is 1. The molecule has 6 nitrogen and oxygen atoms in total. The molecule has 7 heteroatoms. The van der Waals surface area contributed by atoms with Crippen LogP contribution in [-0.4, -0.2) is 50.8 Å². The van der Waals surface area contributed by atoms with Gasteiger partial charge in [0.2, 0.25) is 6.29 Å². The molecule has 1 aromatic rings. The van der Waals surface area contributed by atoms with E-state index in [9.17, 15) is 4.79 Å². The van der Waals surface area contributed by atoms with Gasteiger partial charge in [-0.3, -0.25) is 4.79 Å². The molecule has 24 heavy (non-hydrogen) atoms. The number of hydrogen-bond donors (Lipinski definition) is 2. The highest BCUT2D eigenvalue weighted by atomic mass is 32.1. The second kappa shape index (κ2) is 10.5. The minimum atomic E-state index is -0.457. The van der Waals surface area contributed by atoms with E-state index in [1.165, 1.54) is 0 Å². The lowest BCUT2D eigenvalue weighted by Gasteiger charge is -2.29. The summed E-state index contributed by atoms with van der Waals surface area (Å²) in [6, 6.07) is 2.06. The van der Waals surface area contributed by atoms with Crippen LogP contribution in [0.5, 0.6) is 0 Å². The number of aliphatic hydroxyl groups excluding tert-OH is 1. The fraction of sp³-hybridized carbons (Fsp3) is 0.588. The Morgan fingerprint density at radius 3 is 3.04 bits per heavy atom. The number of nitrogens with one attached hydrogen (secondary N) is 1. The number of carbonyl (C=O) groups is 1. The second-order valence-electron chi connectivity index (χ2n) is 5.53. The molecular weight excluding hydrogens is 330 g/mol. The van der Waals surface area contributed by atoms with Crippen molar-refractivity contribution in [2.45, 2.75) is 31.5 Å². The number of thiophene rings is 1. The van der Waals surface area contributed by atoms with Crippen molar-refractivity contribution < 1.29 is 24.1 Å². The smallest absolute Gasteiger partial charge is 0.286 e. The highest BCUT2D eigenvalue weighted by Crippen LogP contribution is 2.32. The van der Waals surface area contributed by atoms with E-state index >= 15 is 0 Å². The SMILES string of the molecule is COCCNC(=O)C1=CC(c2ccsc2)CC(OCCCCO)O1. The van der Waals surface area contributed by atoms with Crippen LogP contribution in [0.4, 0.5) is 0 Å². The van der Waals surface area contributed by atoms with E-state index in [-0.39, 0.29) is 18.4 Å². The van der Waals surface area contributed by atoms with Gasteiger partial charge in [-0.1, -0.05) is 0 Å². The van der Waals surface area contributed by atoms with Gasteiger partial charge in [-0.15, -0.1) is 0 Å². The Labute approximate surface area is 146 Å². The first-order chi connectivity index (χ1) is 11.7. The van der Waals surface area contributed by atoms with Crippen molar-refractivity contribution in [2.24, 2.45) is 0 Å². The van der Waals surface area contributed by atoms with Gasteiger partial charge in [-0.25, -0.2) is 0 Å². The van der Waals surface area contributed by atoms with E-state index in [1.807, 2.05) is 11.5 Å². The second-order valence-corrected chi connectivity index (χ2v) is 6.31. The maximum atomic E-state index is 12.3. The summed E-state index contributed by atoms with van der Waals surface area (Å²) >= 11 is 1.63. The molecular formula is C17H25NO5S. The number of rotatable bonds is 10. The van der Waals surface area contributed by atoms with Crippen molar-refractivity contribution in [3.8, 4) is 0 Å². The van der Waals surface area contributed by atoms with E-state index < -0.39 is 6.29 Å². The van der Waals surface area contributed by atoms with Crippen LogP contribution in [0, 0.1) is 0 Å². The van der Waals surface area contributed by atoms with Crippen LogP contribution in [0.3, 0.4) is 0 Å². The molecule has 1 aliphatic rings. The number of unbranched alkanes of at least 4 members (excludes halogenated alkanes) is 1. The first-order valence-corrected chi connectivity index (χ1v) is 9.09. The molecule has 2 heterocycles. The summed E-state index contributed by atoms with van der Waals surface area (Å²) in [5.74, 6) is 0.132. The molecule has 0 aromatic carbocycles. The van der Waals surface area contributed by atoms with Crippen LogP contribution >= 0.6 is 11.3 Å². The number of amides is 1. The Morgan fingerprint density at radius 2 is 2.33 bits per heavy atom. The molecule has 0 bridgehead atoms. The predicted octanol–water partition coefficient (Wildman–Crippen LogP) is 2.01. The minimum absolute atomic E-state index is 0.0935. The highest BCUT2D eigenvalue weighted by Gasteiger charge is 2.28. The molecule has 2 N–H and O–H groups in total. The summed E-state index contributed by atoms with van der Waals surface area (Å²) < 4.78 is 16.4. The van der Waals surface area contributed by atoms with Gasteiger partial charge >= 0.3 is 0 Å². The average Bonchev–Trinajstić information content (AvgIpc) is 3.13. The quantitative estimate of drug-likeness (QED) is 0.628. The summed E-state index contributed by atoms with van der Waals surface area (Å²) in [5, 5.41) is 15.7.